The maximum absolute atomic E-state index is 13.8. The Morgan fingerprint density at radius 1 is 0.960 bits per heavy atom. The largest absolute Gasteiger partial charge is 0.545 e. The van der Waals surface area contributed by atoms with Crippen molar-refractivity contribution in [1.82, 2.24) is 10.2 Å². The van der Waals surface area contributed by atoms with Crippen LogP contribution in [-0.4, -0.2) is 62.0 Å². The van der Waals surface area contributed by atoms with Gasteiger partial charge in [-0.2, -0.15) is 0 Å². The summed E-state index contributed by atoms with van der Waals surface area (Å²) in [4.78, 5) is 28.7. The summed E-state index contributed by atoms with van der Waals surface area (Å²) in [5.74, 6) is -0.997. The predicted molar refractivity (Wildman–Crippen MR) is 185 cm³/mol. The topological polar surface area (TPSA) is 124 Å². The van der Waals surface area contributed by atoms with Gasteiger partial charge in [-0.05, 0) is 72.7 Å². The second kappa shape index (κ2) is 15.7. The van der Waals surface area contributed by atoms with Crippen molar-refractivity contribution in [2.75, 3.05) is 33.9 Å². The summed E-state index contributed by atoms with van der Waals surface area (Å²) in [5.41, 5.74) is 3.12. The van der Waals surface area contributed by atoms with E-state index in [4.69, 9.17) is 37.4 Å². The fraction of sp³-hybridized carbons (Fsp3) is 0.342. The van der Waals surface area contributed by atoms with Crippen molar-refractivity contribution in [3.8, 4) is 11.5 Å². The number of nitrogens with zero attached hydrogens (tertiary/aromatic N) is 2. The number of halogens is 2. The van der Waals surface area contributed by atoms with Gasteiger partial charge in [-0.1, -0.05) is 77.8 Å². The van der Waals surface area contributed by atoms with E-state index in [2.05, 4.69) is 10.2 Å². The number of piperidine rings is 3. The molecule has 1 aromatic heterocycles. The second-order valence-corrected chi connectivity index (χ2v) is 13.5. The SMILES string of the molecule is COc1ccc([C@H](Cc2c(Cl)c[n+](O)cc2Cl)c2cc(CNC(C(=O)O[C@H]3CN4CCC3CC4)c3ccccc3)ccc2C(=O)[O-])cc1OC. The normalized spacial score (nSPS) is 19.4. The lowest BCUT2D eigenvalue weighted by Gasteiger charge is -2.44. The van der Waals surface area contributed by atoms with E-state index in [0.717, 1.165) is 48.3 Å². The lowest BCUT2D eigenvalue weighted by atomic mass is 9.82. The first-order valence-electron chi connectivity index (χ1n) is 16.5. The molecule has 2 bridgehead atoms. The molecule has 0 amide bonds. The number of carbonyl (C=O) groups excluding carboxylic acids is 2. The molecule has 3 fully saturated rings. The molecule has 2 N–H and O–H groups in total. The Kier molecular flexibility index (Phi) is 11.1. The van der Waals surface area contributed by atoms with Crippen molar-refractivity contribution in [3.05, 3.63) is 123 Å². The first-order chi connectivity index (χ1) is 24.1. The van der Waals surface area contributed by atoms with Gasteiger partial charge in [-0.15, -0.1) is 0 Å². The zero-order valence-electron chi connectivity index (χ0n) is 27.8. The van der Waals surface area contributed by atoms with Crippen molar-refractivity contribution >= 4 is 35.1 Å². The summed E-state index contributed by atoms with van der Waals surface area (Å²) in [6, 6.07) is 19.0. The molecular weight excluding hydrogens is 681 g/mol. The van der Waals surface area contributed by atoms with Gasteiger partial charge in [0.25, 0.3) is 0 Å². The summed E-state index contributed by atoms with van der Waals surface area (Å²) < 4.78 is 17.9. The highest BCUT2D eigenvalue weighted by atomic mass is 35.5. The van der Waals surface area contributed by atoms with E-state index in [9.17, 15) is 19.9 Å². The minimum Gasteiger partial charge on any atom is -0.545 e. The molecule has 0 radical (unpaired) electrons. The monoisotopic (exact) mass is 719 g/mol. The standard InChI is InChI=1S/C38H39Cl2N3O7/c1-48-33-11-9-26(17-34(33)49-2)28(18-30-31(39)20-43(47)21-32(30)40)29-16-23(8-10-27(29)37(44)45)19-41-36(25-6-4-3-5-7-25)38(46)50-35-22-42-14-12-24(35)13-15-42/h3-11,16-17,20-21,24,28,35-36,41H,12-15,18-19,22H2,1-2H3,(H-,44,45,47)/t28-,35-,36?/m0/s1. The number of methoxy groups -OCH3 is 2. The van der Waals surface area contributed by atoms with Crippen molar-refractivity contribution in [2.45, 2.75) is 43.9 Å². The van der Waals surface area contributed by atoms with E-state index in [0.29, 0.717) is 34.1 Å². The number of pyridine rings is 1. The number of esters is 1. The van der Waals surface area contributed by atoms with Crippen molar-refractivity contribution in [1.29, 1.82) is 0 Å². The maximum atomic E-state index is 13.8. The third-order valence-corrected chi connectivity index (χ3v) is 10.4. The third-order valence-electron chi connectivity index (χ3n) is 9.74. The summed E-state index contributed by atoms with van der Waals surface area (Å²) in [6.45, 7) is 3.05. The molecule has 0 saturated carbocycles. The molecule has 1 unspecified atom stereocenters. The molecule has 262 valence electrons. The summed E-state index contributed by atoms with van der Waals surface area (Å²) >= 11 is 13.1. The van der Waals surface area contributed by atoms with E-state index in [1.54, 1.807) is 24.3 Å². The highest BCUT2D eigenvalue weighted by molar-refractivity contribution is 6.35. The van der Waals surface area contributed by atoms with E-state index in [-0.39, 0.29) is 40.6 Å². The number of carbonyl (C=O) groups is 2. The molecule has 0 aliphatic carbocycles. The van der Waals surface area contributed by atoms with Gasteiger partial charge in [-0.25, -0.2) is 4.79 Å². The van der Waals surface area contributed by atoms with Gasteiger partial charge in [0.15, 0.2) is 11.5 Å². The maximum Gasteiger partial charge on any atom is 0.328 e. The molecule has 3 aromatic carbocycles. The van der Waals surface area contributed by atoms with E-state index in [1.807, 2.05) is 36.4 Å². The number of rotatable bonds is 13. The van der Waals surface area contributed by atoms with Crippen LogP contribution >= 0.6 is 23.2 Å². The first kappa shape index (κ1) is 35.5. The minimum absolute atomic E-state index is 0.0182. The van der Waals surface area contributed by atoms with Crippen molar-refractivity contribution < 1.29 is 38.8 Å². The van der Waals surface area contributed by atoms with Crippen molar-refractivity contribution in [2.24, 2.45) is 5.92 Å². The average Bonchev–Trinajstić information content (AvgIpc) is 3.12. The van der Waals surface area contributed by atoms with Crippen LogP contribution in [0.1, 0.15) is 63.0 Å². The number of hydrogen-bond acceptors (Lipinski definition) is 9. The number of fused-ring (bicyclic) bond motifs is 3. The number of benzene rings is 3. The number of aromatic nitrogens is 1. The van der Waals surface area contributed by atoms with Gasteiger partial charge in [-0.3, -0.25) is 15.4 Å². The Bertz CT molecular complexity index is 1830. The minimum atomic E-state index is -1.35. The number of ether oxygens (including phenoxy) is 3. The van der Waals surface area contributed by atoms with Gasteiger partial charge < -0.3 is 24.1 Å². The Morgan fingerprint density at radius 2 is 1.66 bits per heavy atom. The predicted octanol–water partition coefficient (Wildman–Crippen LogP) is 4.74. The summed E-state index contributed by atoms with van der Waals surface area (Å²) in [5, 5.41) is 26.4. The summed E-state index contributed by atoms with van der Waals surface area (Å²) in [7, 11) is 3.05. The van der Waals surface area contributed by atoms with E-state index in [1.165, 1.54) is 32.7 Å². The number of aromatic carboxylic acids is 1. The Morgan fingerprint density at radius 3 is 2.28 bits per heavy atom. The average molecular weight is 721 g/mol. The van der Waals surface area contributed by atoms with Gasteiger partial charge >= 0.3 is 5.97 Å². The molecule has 3 atom stereocenters. The smallest absolute Gasteiger partial charge is 0.328 e. The molecular formula is C38H39Cl2N3O7. The van der Waals surface area contributed by atoms with Crippen LogP contribution in [0.3, 0.4) is 0 Å². The second-order valence-electron chi connectivity index (χ2n) is 12.7. The highest BCUT2D eigenvalue weighted by Gasteiger charge is 2.38. The van der Waals surface area contributed by atoms with Crippen LogP contribution in [0.25, 0.3) is 0 Å². The lowest BCUT2D eigenvalue weighted by molar-refractivity contribution is -0.904. The van der Waals surface area contributed by atoms with Crippen LogP contribution < -0.4 is 24.6 Å². The quantitative estimate of drug-likeness (QED) is 0.115. The number of carboxylic acid groups (broad SMARTS) is 1. The van der Waals surface area contributed by atoms with Gasteiger partial charge in [0, 0.05) is 34.9 Å². The molecule has 0 spiro atoms. The molecule has 4 aromatic rings. The van der Waals surface area contributed by atoms with Crippen molar-refractivity contribution in [3.63, 3.8) is 0 Å². The van der Waals surface area contributed by atoms with Crippen LogP contribution in [-0.2, 0) is 22.5 Å². The first-order valence-corrected chi connectivity index (χ1v) is 17.3. The van der Waals surface area contributed by atoms with E-state index >= 15 is 0 Å². The summed E-state index contributed by atoms with van der Waals surface area (Å²) in [6.07, 6.45) is 4.70. The molecule has 3 aliphatic rings. The van der Waals surface area contributed by atoms with Gasteiger partial charge in [0.05, 0.1) is 20.2 Å². The van der Waals surface area contributed by atoms with Crippen LogP contribution in [0.2, 0.25) is 10.0 Å². The molecule has 7 rings (SSSR count). The zero-order valence-corrected chi connectivity index (χ0v) is 29.3. The van der Waals surface area contributed by atoms with Crippen LogP contribution in [0.5, 0.6) is 11.5 Å². The number of carboxylic acids is 1. The van der Waals surface area contributed by atoms with Crippen LogP contribution in [0, 0.1) is 5.92 Å². The fourth-order valence-electron chi connectivity index (χ4n) is 7.08. The molecule has 50 heavy (non-hydrogen) atoms. The van der Waals surface area contributed by atoms with E-state index < -0.39 is 17.9 Å². The van der Waals surface area contributed by atoms with Crippen LogP contribution in [0.15, 0.2) is 79.1 Å². The third kappa shape index (κ3) is 7.84. The van der Waals surface area contributed by atoms with Crippen LogP contribution in [0.4, 0.5) is 0 Å². The molecule has 4 heterocycles. The van der Waals surface area contributed by atoms with Gasteiger partial charge in [0.2, 0.25) is 12.4 Å². The number of nitrogens with one attached hydrogen (secondary N) is 1. The number of hydrogen-bond donors (Lipinski definition) is 2. The van der Waals surface area contributed by atoms with Gasteiger partial charge in [0.1, 0.15) is 22.2 Å². The Balaban J connectivity index is 1.35. The molecule has 10 nitrogen and oxygen atoms in total. The lowest BCUT2D eigenvalue weighted by Crippen LogP contribution is -2.52. The Labute approximate surface area is 301 Å². The Hall–Kier alpha value is -4.35. The molecule has 12 heteroatoms. The zero-order chi connectivity index (χ0) is 35.4. The molecule has 3 saturated heterocycles. The fourth-order valence-corrected chi connectivity index (χ4v) is 7.68. The molecule has 3 aliphatic heterocycles. The highest BCUT2D eigenvalue weighted by Crippen LogP contribution is 2.39.